The molecule has 1 saturated heterocycles. The largest absolute Gasteiger partial charge is 0.459 e. The van der Waals surface area contributed by atoms with Crippen LogP contribution in [0.5, 0.6) is 0 Å². The third-order valence-corrected chi connectivity index (χ3v) is 5.50. The van der Waals surface area contributed by atoms with E-state index >= 15 is 0 Å². The van der Waals surface area contributed by atoms with Crippen molar-refractivity contribution in [1.82, 2.24) is 4.90 Å². The van der Waals surface area contributed by atoms with Gasteiger partial charge in [0, 0.05) is 13.1 Å². The fourth-order valence-corrected chi connectivity index (χ4v) is 3.02. The van der Waals surface area contributed by atoms with Gasteiger partial charge in [0.15, 0.2) is 11.2 Å². The number of aliphatic hydroxyl groups is 4. The van der Waals surface area contributed by atoms with Gasteiger partial charge >= 0.3 is 11.9 Å². The van der Waals surface area contributed by atoms with Gasteiger partial charge in [0.1, 0.15) is 12.7 Å². The summed E-state index contributed by atoms with van der Waals surface area (Å²) in [6, 6.07) is -0.303. The van der Waals surface area contributed by atoms with Crippen LogP contribution < -0.4 is 0 Å². The number of carbonyl (C=O) groups is 2. The molecule has 2 heterocycles. The molecule has 0 amide bonds. The smallest absolute Gasteiger partial charge is 0.340 e. The van der Waals surface area contributed by atoms with Crippen LogP contribution in [0.3, 0.4) is 0 Å². The average molecular weight is 387 g/mol. The second-order valence-corrected chi connectivity index (χ2v) is 7.67. The maximum Gasteiger partial charge on any atom is 0.340 e. The van der Waals surface area contributed by atoms with E-state index in [1.165, 1.54) is 27.7 Å². The lowest BCUT2D eigenvalue weighted by atomic mass is 10.00. The summed E-state index contributed by atoms with van der Waals surface area (Å²) in [6.07, 6.45) is -0.718. The lowest BCUT2D eigenvalue weighted by Crippen LogP contribution is -2.49. The molecule has 0 spiro atoms. The van der Waals surface area contributed by atoms with Gasteiger partial charge in [-0.3, -0.25) is 4.90 Å². The van der Waals surface area contributed by atoms with Gasteiger partial charge in [-0.15, -0.1) is 0 Å². The van der Waals surface area contributed by atoms with E-state index in [0.29, 0.717) is 19.5 Å². The van der Waals surface area contributed by atoms with Gasteiger partial charge in [-0.2, -0.15) is 0 Å². The maximum absolute atomic E-state index is 12.2. The Balaban J connectivity index is 2.01. The molecule has 0 aromatic heterocycles. The first-order valence-electron chi connectivity index (χ1n) is 9.01. The highest BCUT2D eigenvalue weighted by molar-refractivity contribution is 5.80. The maximum atomic E-state index is 12.2. The lowest BCUT2D eigenvalue weighted by molar-refractivity contribution is -0.180. The summed E-state index contributed by atoms with van der Waals surface area (Å²) in [7, 11) is 0. The van der Waals surface area contributed by atoms with Crippen LogP contribution >= 0.6 is 0 Å². The van der Waals surface area contributed by atoms with E-state index in [0.717, 1.165) is 5.57 Å². The minimum Gasteiger partial charge on any atom is -0.459 e. The predicted molar refractivity (Wildman–Crippen MR) is 93.5 cm³/mol. The van der Waals surface area contributed by atoms with Crippen LogP contribution in [-0.4, -0.2) is 92.5 Å². The van der Waals surface area contributed by atoms with E-state index in [-0.39, 0.29) is 12.6 Å². The number of fused-ring (bicyclic) bond motifs is 1. The molecule has 1 fully saturated rings. The summed E-state index contributed by atoms with van der Waals surface area (Å²) in [5, 5.41) is 39.1. The zero-order valence-electron chi connectivity index (χ0n) is 16.1. The Morgan fingerprint density at radius 3 is 2.30 bits per heavy atom. The monoisotopic (exact) mass is 387 g/mol. The Bertz CT molecular complexity index is 610. The molecule has 2 aliphatic rings. The Kier molecular flexibility index (Phi) is 6.33. The molecular weight excluding hydrogens is 358 g/mol. The van der Waals surface area contributed by atoms with Crippen LogP contribution in [0, 0.1) is 0 Å². The lowest BCUT2D eigenvalue weighted by Gasteiger charge is -2.29. The molecular formula is C18H29NO8. The summed E-state index contributed by atoms with van der Waals surface area (Å²) in [5.74, 6) is -1.86. The quantitative estimate of drug-likeness (QED) is 0.311. The van der Waals surface area contributed by atoms with E-state index < -0.39 is 41.5 Å². The topological polar surface area (TPSA) is 137 Å². The third-order valence-electron chi connectivity index (χ3n) is 5.50. The fourth-order valence-electron chi connectivity index (χ4n) is 3.02. The second kappa shape index (κ2) is 7.84. The van der Waals surface area contributed by atoms with Gasteiger partial charge < -0.3 is 29.9 Å². The van der Waals surface area contributed by atoms with E-state index in [4.69, 9.17) is 9.47 Å². The van der Waals surface area contributed by atoms with Gasteiger partial charge in [0.05, 0.1) is 18.2 Å². The molecule has 2 rings (SSSR count). The number of ether oxygens (including phenoxy) is 2. The van der Waals surface area contributed by atoms with Crippen molar-refractivity contribution in [2.45, 2.75) is 69.7 Å². The molecule has 27 heavy (non-hydrogen) atoms. The number of hydrogen-bond acceptors (Lipinski definition) is 9. The zero-order valence-corrected chi connectivity index (χ0v) is 16.1. The molecule has 6 atom stereocenters. The number of rotatable bonds is 7. The van der Waals surface area contributed by atoms with Crippen LogP contribution in [0.25, 0.3) is 0 Å². The van der Waals surface area contributed by atoms with E-state index in [9.17, 15) is 30.0 Å². The van der Waals surface area contributed by atoms with Crippen LogP contribution in [0.1, 0.15) is 34.1 Å². The number of hydrogen-bond donors (Lipinski definition) is 4. The van der Waals surface area contributed by atoms with Crippen LogP contribution in [0.4, 0.5) is 0 Å². The number of carbonyl (C=O) groups excluding carboxylic acids is 2. The molecule has 0 saturated carbocycles. The molecule has 0 bridgehead atoms. The SMILES string of the molecule is CC(O)C(C)(O)C(=O)OCC1=CCN2CCC(OC(=O)C(C)(O)C(C)O)C12. The molecule has 9 nitrogen and oxygen atoms in total. The van der Waals surface area contributed by atoms with Crippen LogP contribution in [-0.2, 0) is 19.1 Å². The average Bonchev–Trinajstić information content (AvgIpc) is 3.15. The van der Waals surface area contributed by atoms with Crippen LogP contribution in [0.2, 0.25) is 0 Å². The summed E-state index contributed by atoms with van der Waals surface area (Å²) in [4.78, 5) is 26.3. The van der Waals surface area contributed by atoms with Gasteiger partial charge in [-0.05, 0) is 39.7 Å². The highest BCUT2D eigenvalue weighted by Crippen LogP contribution is 2.32. The molecule has 0 radical (unpaired) electrons. The van der Waals surface area contributed by atoms with Crippen molar-refractivity contribution in [3.05, 3.63) is 11.6 Å². The Hall–Kier alpha value is -1.52. The minimum absolute atomic E-state index is 0.107. The highest BCUT2D eigenvalue weighted by atomic mass is 16.6. The Labute approximate surface area is 158 Å². The van der Waals surface area contributed by atoms with Crippen molar-refractivity contribution in [1.29, 1.82) is 0 Å². The van der Waals surface area contributed by atoms with Gasteiger partial charge in [0.25, 0.3) is 0 Å². The summed E-state index contributed by atoms with van der Waals surface area (Å²) in [6.45, 7) is 6.12. The molecule has 0 aromatic rings. The second-order valence-electron chi connectivity index (χ2n) is 7.67. The Morgan fingerprint density at radius 1 is 1.19 bits per heavy atom. The first-order valence-corrected chi connectivity index (χ1v) is 9.01. The third kappa shape index (κ3) is 4.33. The van der Waals surface area contributed by atoms with E-state index in [1.54, 1.807) is 0 Å². The summed E-state index contributed by atoms with van der Waals surface area (Å²) in [5.41, 5.74) is -3.31. The fraction of sp³-hybridized carbons (Fsp3) is 0.778. The molecule has 2 aliphatic heterocycles. The molecule has 154 valence electrons. The molecule has 6 unspecified atom stereocenters. The molecule has 4 N–H and O–H groups in total. The van der Waals surface area contributed by atoms with E-state index in [2.05, 4.69) is 0 Å². The van der Waals surface area contributed by atoms with E-state index in [1.807, 2.05) is 11.0 Å². The minimum atomic E-state index is -2.02. The number of aliphatic hydroxyl groups excluding tert-OH is 2. The van der Waals surface area contributed by atoms with Crippen LogP contribution in [0.15, 0.2) is 11.6 Å². The van der Waals surface area contributed by atoms with Crippen molar-refractivity contribution in [3.63, 3.8) is 0 Å². The van der Waals surface area contributed by atoms with Crippen molar-refractivity contribution in [3.8, 4) is 0 Å². The Morgan fingerprint density at radius 2 is 1.74 bits per heavy atom. The van der Waals surface area contributed by atoms with Gasteiger partial charge in [-0.1, -0.05) is 6.08 Å². The number of esters is 2. The standard InChI is InChI=1S/C18H29NO8/c1-10(20)17(3,24)15(22)26-9-12-5-7-19-8-6-13(14(12)19)27-16(23)18(4,25)11(2)21/h5,10-11,13-14,20-21,24-25H,6-9H2,1-4H3. The molecule has 9 heteroatoms. The van der Waals surface area contributed by atoms with Crippen molar-refractivity contribution < 1.29 is 39.5 Å². The van der Waals surface area contributed by atoms with Gasteiger partial charge in [0.2, 0.25) is 0 Å². The predicted octanol–water partition coefficient (Wildman–Crippen LogP) is -1.28. The zero-order chi connectivity index (χ0) is 20.6. The van der Waals surface area contributed by atoms with Crippen molar-refractivity contribution >= 4 is 11.9 Å². The highest BCUT2D eigenvalue weighted by Gasteiger charge is 2.46. The van der Waals surface area contributed by atoms with Crippen molar-refractivity contribution in [2.24, 2.45) is 0 Å². The summed E-state index contributed by atoms with van der Waals surface area (Å²) >= 11 is 0. The first-order chi connectivity index (χ1) is 12.4. The summed E-state index contributed by atoms with van der Waals surface area (Å²) < 4.78 is 10.6. The molecule has 0 aliphatic carbocycles. The number of nitrogens with zero attached hydrogens (tertiary/aromatic N) is 1. The first kappa shape index (κ1) is 21.8. The molecule has 0 aromatic carbocycles. The normalized spacial score (nSPS) is 29.1. The van der Waals surface area contributed by atoms with Crippen molar-refractivity contribution in [2.75, 3.05) is 19.7 Å². The van der Waals surface area contributed by atoms with Gasteiger partial charge in [-0.25, -0.2) is 9.59 Å².